The van der Waals surface area contributed by atoms with Crippen LogP contribution in [0.2, 0.25) is 0 Å². The highest BCUT2D eigenvalue weighted by Gasteiger charge is 2.32. The molecule has 3 heterocycles. The number of Topliss-reactive ketones (excluding diaryl/α,β-unsaturated/α-hetero) is 6. The molecule has 0 saturated heterocycles. The second kappa shape index (κ2) is 22.0. The first-order chi connectivity index (χ1) is 36.2. The lowest BCUT2D eigenvalue weighted by molar-refractivity contribution is 0.0998. The van der Waals surface area contributed by atoms with Crippen LogP contribution in [-0.2, 0) is 10.8 Å². The number of nitrogens with two attached hydrogens (primary N) is 3. The van der Waals surface area contributed by atoms with Crippen molar-refractivity contribution in [3.63, 3.8) is 0 Å². The van der Waals surface area contributed by atoms with Gasteiger partial charge in [-0.05, 0) is 96.1 Å². The first-order valence-corrected chi connectivity index (χ1v) is 24.3. The van der Waals surface area contributed by atoms with Crippen molar-refractivity contribution in [3.8, 4) is 11.9 Å². The fourth-order valence-corrected chi connectivity index (χ4v) is 7.42. The van der Waals surface area contributed by atoms with E-state index in [9.17, 15) is 34.2 Å². The fourth-order valence-electron chi connectivity index (χ4n) is 7.42. The minimum atomic E-state index is -0.880. The van der Waals surface area contributed by atoms with Gasteiger partial charge in [-0.2, -0.15) is 34.5 Å². The van der Waals surface area contributed by atoms with E-state index in [0.29, 0.717) is 22.5 Å². The number of carbonyl (C=O) groups is 6. The summed E-state index contributed by atoms with van der Waals surface area (Å²) >= 11 is 0. The van der Waals surface area contributed by atoms with E-state index in [1.165, 1.54) is 106 Å². The highest BCUT2D eigenvalue weighted by Crippen LogP contribution is 2.40. The van der Waals surface area contributed by atoms with Crippen LogP contribution in [0.4, 0.5) is 46.0 Å². The zero-order chi connectivity index (χ0) is 58.1. The molecular formula is C54H62N18O6. The Bertz CT molecular complexity index is 3470. The highest BCUT2D eigenvalue weighted by atomic mass is 16.1. The molecule has 0 amide bonds. The van der Waals surface area contributed by atoms with Crippen molar-refractivity contribution in [1.82, 2.24) is 34.5 Å². The molecule has 0 fully saturated rings. The standard InChI is InChI=1S/C54H62N18O6/c1-25(73)31-16-19-37(34(22-31)28(4)76)63-66-40(43(55)52(7,8)9)46(56)59-49-60-50(71-47(57)41(44(69-71)53(10,11)12)67-64-38-20-17-32(26(2)74)23-35(38)29(5)77)62-51(61-49)72-48(58)42(45(70-72)54(13,14)15)68-65-39-21-18-33(27(3)75)24-36(39)30(6)78/h16-24,55H,56-58H2,1-15H3,(H,59,60,61,62)/b46-40+,55-43?,66-63+,67-64+,68-65+. The third-order valence-electron chi connectivity index (χ3n) is 11.8. The summed E-state index contributed by atoms with van der Waals surface area (Å²) in [4.78, 5) is 89.1. The third kappa shape index (κ3) is 12.6. The Kier molecular flexibility index (Phi) is 16.3. The number of hydrogen-bond donors (Lipinski definition) is 5. The molecule has 3 aromatic heterocycles. The minimum Gasteiger partial charge on any atom is -0.383 e. The molecule has 0 bridgehead atoms. The van der Waals surface area contributed by atoms with Gasteiger partial charge in [-0.1, -0.05) is 62.3 Å². The lowest BCUT2D eigenvalue weighted by atomic mass is 9.88. The molecule has 78 heavy (non-hydrogen) atoms. The number of nitrogens with zero attached hydrogens (tertiary/aromatic N) is 13. The Hall–Kier alpha value is -9.48. The molecule has 0 aliphatic heterocycles. The van der Waals surface area contributed by atoms with Gasteiger partial charge in [0, 0.05) is 49.6 Å². The first-order valence-electron chi connectivity index (χ1n) is 24.3. The molecular weight excluding hydrogens is 997 g/mol. The summed E-state index contributed by atoms with van der Waals surface area (Å²) in [5.41, 5.74) is 20.6. The van der Waals surface area contributed by atoms with E-state index in [4.69, 9.17) is 32.4 Å². The van der Waals surface area contributed by atoms with Gasteiger partial charge in [-0.15, -0.1) is 30.7 Å². The Morgan fingerprint density at radius 3 is 1.17 bits per heavy atom. The van der Waals surface area contributed by atoms with Crippen molar-refractivity contribution in [2.45, 2.75) is 115 Å². The van der Waals surface area contributed by atoms with E-state index >= 15 is 0 Å². The van der Waals surface area contributed by atoms with E-state index in [2.05, 4.69) is 46.0 Å². The Balaban J connectivity index is 1.63. The van der Waals surface area contributed by atoms with Crippen LogP contribution in [0.15, 0.2) is 96.8 Å². The smallest absolute Gasteiger partial charge is 0.259 e. The van der Waals surface area contributed by atoms with Gasteiger partial charge in [0.2, 0.25) is 5.95 Å². The number of benzene rings is 3. The van der Waals surface area contributed by atoms with Crippen molar-refractivity contribution >= 4 is 86.4 Å². The van der Waals surface area contributed by atoms with E-state index in [-0.39, 0.29) is 132 Å². The summed E-state index contributed by atoms with van der Waals surface area (Å²) in [6.45, 7) is 24.6. The average molecular weight is 1060 g/mol. The molecule has 6 aromatic rings. The maximum absolute atomic E-state index is 12.8. The quantitative estimate of drug-likeness (QED) is 0.0322. The SMILES string of the molecule is CC(=O)c1ccc(/N=N/C(C(=N)C(C)(C)C)=C(\N)Nc2nc(-n3nc(C(C)(C)C)c(/N=N/c4ccc(C(C)=O)cc4C(C)=O)c3N)nc(-n3nc(C(C)(C)C)c(/N=N/c4ccc(C(C)=O)cc4C(C)=O)c3N)n2)c(C(C)=O)c1. The van der Waals surface area contributed by atoms with E-state index in [1.807, 2.05) is 41.5 Å². The zero-order valence-corrected chi connectivity index (χ0v) is 46.2. The maximum Gasteiger partial charge on any atom is 0.259 e. The molecule has 0 radical (unpaired) electrons. The number of hydrogen-bond acceptors (Lipinski definition) is 22. The number of anilines is 3. The van der Waals surface area contributed by atoms with Crippen molar-refractivity contribution in [2.24, 2.45) is 41.8 Å². The molecule has 0 atom stereocenters. The summed E-state index contributed by atoms with van der Waals surface area (Å²) in [7, 11) is 0. The number of azo groups is 3. The Morgan fingerprint density at radius 2 is 0.859 bits per heavy atom. The third-order valence-corrected chi connectivity index (χ3v) is 11.8. The predicted molar refractivity (Wildman–Crippen MR) is 295 cm³/mol. The lowest BCUT2D eigenvalue weighted by Gasteiger charge is -2.21. The molecule has 0 aliphatic rings. The van der Waals surface area contributed by atoms with Crippen LogP contribution >= 0.6 is 0 Å². The predicted octanol–water partition coefficient (Wildman–Crippen LogP) is 11.4. The fraction of sp³-hybridized carbons (Fsp3) is 0.333. The molecule has 3 aromatic carbocycles. The molecule has 0 saturated carbocycles. The minimum absolute atomic E-state index is 0.0868. The van der Waals surface area contributed by atoms with Crippen LogP contribution < -0.4 is 22.5 Å². The summed E-state index contributed by atoms with van der Waals surface area (Å²) in [5, 5.41) is 48.4. The van der Waals surface area contributed by atoms with Gasteiger partial charge < -0.3 is 27.9 Å². The Morgan fingerprint density at radius 1 is 0.513 bits per heavy atom. The van der Waals surface area contributed by atoms with Crippen LogP contribution in [0.5, 0.6) is 0 Å². The second-order valence-electron chi connectivity index (χ2n) is 21.4. The molecule has 0 spiro atoms. The largest absolute Gasteiger partial charge is 0.383 e. The zero-order valence-electron chi connectivity index (χ0n) is 46.2. The van der Waals surface area contributed by atoms with Crippen LogP contribution in [0.25, 0.3) is 11.9 Å². The molecule has 0 aliphatic carbocycles. The maximum atomic E-state index is 12.8. The molecule has 404 valence electrons. The van der Waals surface area contributed by atoms with Crippen LogP contribution in [0, 0.1) is 10.8 Å². The Labute approximate surface area is 449 Å². The van der Waals surface area contributed by atoms with Crippen LogP contribution in [0.1, 0.15) is 177 Å². The molecule has 24 heteroatoms. The van der Waals surface area contributed by atoms with Crippen LogP contribution in [-0.4, -0.2) is 74.9 Å². The number of aromatic nitrogens is 7. The van der Waals surface area contributed by atoms with E-state index in [0.717, 1.165) is 0 Å². The highest BCUT2D eigenvalue weighted by molar-refractivity contribution is 6.05. The van der Waals surface area contributed by atoms with E-state index < -0.39 is 16.2 Å². The van der Waals surface area contributed by atoms with Crippen molar-refractivity contribution < 1.29 is 28.8 Å². The molecule has 0 unspecified atom stereocenters. The van der Waals surface area contributed by atoms with Gasteiger partial charge in [0.25, 0.3) is 11.9 Å². The topological polar surface area (TPSA) is 365 Å². The number of ketones is 6. The van der Waals surface area contributed by atoms with Crippen LogP contribution in [0.3, 0.4) is 0 Å². The second-order valence-corrected chi connectivity index (χ2v) is 21.4. The van der Waals surface area contributed by atoms with Crippen molar-refractivity contribution in [3.05, 3.63) is 111 Å². The number of carbonyl (C=O) groups excluding carboxylic acids is 6. The van der Waals surface area contributed by atoms with Crippen molar-refractivity contribution in [2.75, 3.05) is 16.8 Å². The van der Waals surface area contributed by atoms with Gasteiger partial charge in [-0.25, -0.2) is 0 Å². The molecule has 24 nitrogen and oxygen atoms in total. The van der Waals surface area contributed by atoms with E-state index in [1.54, 1.807) is 20.8 Å². The number of nitrogen functional groups attached to an aromatic ring is 2. The lowest BCUT2D eigenvalue weighted by Crippen LogP contribution is -2.26. The van der Waals surface area contributed by atoms with Gasteiger partial charge in [0.05, 0.1) is 34.2 Å². The number of allylic oxidation sites excluding steroid dienone is 1. The normalized spacial score (nSPS) is 12.6. The number of rotatable bonds is 17. The molecule has 8 N–H and O–H groups in total. The van der Waals surface area contributed by atoms with Gasteiger partial charge >= 0.3 is 0 Å². The summed E-state index contributed by atoms with van der Waals surface area (Å²) in [6.07, 6.45) is 0. The summed E-state index contributed by atoms with van der Waals surface area (Å²) in [5.74, 6) is -3.13. The summed E-state index contributed by atoms with van der Waals surface area (Å²) < 4.78 is 2.36. The monoisotopic (exact) mass is 1060 g/mol. The van der Waals surface area contributed by atoms with Gasteiger partial charge in [-0.3, -0.25) is 28.8 Å². The molecule has 6 rings (SSSR count). The van der Waals surface area contributed by atoms with Gasteiger partial charge in [0.1, 0.15) is 11.5 Å². The average Bonchev–Trinajstić information content (AvgIpc) is 3.93. The van der Waals surface area contributed by atoms with Crippen molar-refractivity contribution in [1.29, 1.82) is 5.41 Å². The van der Waals surface area contributed by atoms with Gasteiger partial charge in [0.15, 0.2) is 57.7 Å². The first kappa shape index (κ1) is 57.8. The number of nitrogens with one attached hydrogen (secondary N) is 2. The summed E-state index contributed by atoms with van der Waals surface area (Å²) in [6, 6.07) is 13.3.